The Morgan fingerprint density at radius 3 is 1.47 bits per heavy atom. The van der Waals surface area contributed by atoms with Gasteiger partial charge in [-0.25, -0.2) is 4.79 Å². The maximum Gasteiger partial charge on any atom is 0.312 e. The zero-order valence-electron chi connectivity index (χ0n) is 64.3. The van der Waals surface area contributed by atoms with Crippen molar-refractivity contribution in [2.45, 2.75) is 180 Å². The zero-order chi connectivity index (χ0) is 85.3. The smallest absolute Gasteiger partial charge is 0.312 e. The molecule has 1 aliphatic heterocycles. The van der Waals surface area contributed by atoms with Crippen molar-refractivity contribution in [1.29, 1.82) is 0 Å². The molecule has 1 aliphatic rings. The zero-order valence-corrected chi connectivity index (χ0v) is 65.1. The second kappa shape index (κ2) is 49.7. The van der Waals surface area contributed by atoms with Crippen molar-refractivity contribution in [2.24, 2.45) is 33.8 Å². The van der Waals surface area contributed by atoms with Gasteiger partial charge in [-0.2, -0.15) is 0 Å². The van der Waals surface area contributed by atoms with Gasteiger partial charge >= 0.3 is 6.03 Å². The van der Waals surface area contributed by atoms with E-state index in [-0.39, 0.29) is 101 Å². The fraction of sp³-hybridized carbons (Fsp3) is 0.434. The van der Waals surface area contributed by atoms with Gasteiger partial charge in [-0.15, -0.1) is 0 Å². The Kier molecular flexibility index (Phi) is 41.7. The Bertz CT molecular complexity index is 4080. The van der Waals surface area contributed by atoms with E-state index in [9.17, 15) is 67.7 Å². The number of hydrogen-bond donors (Lipinski definition) is 19. The van der Waals surface area contributed by atoms with Crippen molar-refractivity contribution in [3.05, 3.63) is 143 Å². The first kappa shape index (κ1) is 95.7. The molecular formula is C76H104ClN17O20. The molecule has 0 spiro atoms. The molecule has 0 bridgehead atoms. The predicted molar refractivity (Wildman–Crippen MR) is 418 cm³/mol. The van der Waals surface area contributed by atoms with Crippen LogP contribution in [-0.4, -0.2) is 217 Å². The monoisotopic (exact) mass is 1610 g/mol. The number of aliphatic imine (C=N–C) groups is 1. The minimum Gasteiger partial charge on any atom is -0.508 e. The molecule has 1 aromatic heterocycles. The lowest BCUT2D eigenvalue weighted by molar-refractivity contribution is -0.142. The van der Waals surface area contributed by atoms with E-state index in [2.05, 4.69) is 63.1 Å². The number of pyridine rings is 1. The molecule has 1 saturated heterocycles. The average Bonchev–Trinajstić information content (AvgIpc) is 1.59. The van der Waals surface area contributed by atoms with Gasteiger partial charge in [0.15, 0.2) is 5.96 Å². The molecule has 38 heteroatoms. The molecular weight excluding hydrogens is 1510 g/mol. The Labute approximate surface area is 663 Å². The van der Waals surface area contributed by atoms with E-state index < -0.39 is 156 Å². The van der Waals surface area contributed by atoms with Crippen LogP contribution in [-0.2, 0) is 92.8 Å². The maximum absolute atomic E-state index is 14.9. The summed E-state index contributed by atoms with van der Waals surface area (Å²) < 4.78 is 0. The molecule has 0 aliphatic carbocycles. The molecule has 13 amide bonds. The number of hydrogen-bond acceptors (Lipinski definition) is 19. The number of urea groups is 1. The van der Waals surface area contributed by atoms with Crippen molar-refractivity contribution in [3.8, 4) is 5.75 Å². The molecule has 10 atom stereocenters. The van der Waals surface area contributed by atoms with Gasteiger partial charge in [0.2, 0.25) is 65.0 Å². The number of aromatic hydroxyl groups is 1. The number of likely N-dealkylation sites (tertiary alicyclic amines) is 1. The number of carbonyl (C=O) groups excluding carboxylic acids is 12. The Morgan fingerprint density at radius 1 is 0.526 bits per heavy atom. The van der Waals surface area contributed by atoms with Crippen LogP contribution in [0.3, 0.4) is 0 Å². The first-order chi connectivity index (χ1) is 53.8. The topological polar surface area (TPSA) is 610 Å². The number of aliphatic carboxylic acids is 3. The summed E-state index contributed by atoms with van der Waals surface area (Å²) in [7, 11) is 0. The number of carbonyl (C=O) groups is 15. The number of fused-ring (bicyclic) bond motifs is 1. The Balaban J connectivity index is 0.00000261. The summed E-state index contributed by atoms with van der Waals surface area (Å²) in [6, 6.07) is 13.5. The number of phenolic OH excluding ortho intramolecular Hbond substituents is 1. The number of carboxylic acid groups (broad SMARTS) is 3. The number of aromatic nitrogens is 1. The second-order valence-electron chi connectivity index (χ2n) is 26.9. The van der Waals surface area contributed by atoms with E-state index in [0.29, 0.717) is 33.7 Å². The van der Waals surface area contributed by atoms with Crippen LogP contribution >= 0.6 is 11.6 Å². The van der Waals surface area contributed by atoms with Crippen LogP contribution in [0.15, 0.2) is 121 Å². The van der Waals surface area contributed by atoms with E-state index in [1.165, 1.54) is 55.4 Å². The third-order valence-electron chi connectivity index (χ3n) is 16.7. The van der Waals surface area contributed by atoms with Crippen molar-refractivity contribution in [3.63, 3.8) is 0 Å². The molecule has 37 nitrogen and oxygen atoms in total. The van der Waals surface area contributed by atoms with E-state index in [1.54, 1.807) is 50.2 Å². The lowest BCUT2D eigenvalue weighted by Gasteiger charge is -2.31. The van der Waals surface area contributed by atoms with Crippen LogP contribution in [0.5, 0.6) is 5.75 Å². The molecule has 5 aromatic rings. The number of primary amides is 2. The summed E-state index contributed by atoms with van der Waals surface area (Å²) in [6.45, 7) is 8.40. The summed E-state index contributed by atoms with van der Waals surface area (Å²) in [6.07, 6.45) is 2.70. The van der Waals surface area contributed by atoms with Crippen LogP contribution in [0.25, 0.3) is 10.8 Å². The number of halogens is 1. The quantitative estimate of drug-likeness (QED) is 0.0135. The standard InChI is InChI=1S/C70H92ClN17O14.3C2H4O2/c1-39(2)31-52(61(94)82-51(15-9-28-77-69(73)74)68(101)88-30-10-16-58(88)67(100)79-40(3)59(72)92)83-60(93)50(14-8-29-78-70(75)102)81-63(96)54(34-43-20-25-49(91)26-21-43)86-66(99)57(38-89)87-65(98)56(36-45-11-7-27-76-37-45)85-64(97)55(33-42-18-23-48(71)24-19-42)84-62(95)53(80-41(4)90)35-44-17-22-46-12-5-6-13-47(46)32-44;3*1-2(3)4/h5-7,11-13,17-27,32,37,39-40,50-58,89,91H,8-10,14-16,28-31,33-36,38H2,1-4H3,(H2,72,92)(H,79,100)(H,80,90)(H,81,96)(H,82,94)(H,83,93)(H,84,95)(H,85,97)(H,86,99)(H,87,98)(H4,73,74,77)(H3,75,78,102);3*1H3,(H,3,4)/t40-,50-,51+,52+,53-,54+,55-,56-,57+,58+;;;/m1.../s1. The van der Waals surface area contributed by atoms with E-state index in [4.69, 9.17) is 64.2 Å². The average molecular weight is 1610 g/mol. The van der Waals surface area contributed by atoms with Crippen molar-refractivity contribution >= 4 is 117 Å². The molecule has 0 saturated carbocycles. The predicted octanol–water partition coefficient (Wildman–Crippen LogP) is -0.443. The summed E-state index contributed by atoms with van der Waals surface area (Å²) in [5, 5.41) is 71.8. The van der Waals surface area contributed by atoms with Gasteiger partial charge in [0.25, 0.3) is 17.9 Å². The van der Waals surface area contributed by atoms with Gasteiger partial charge in [0.1, 0.15) is 66.2 Å². The first-order valence-electron chi connectivity index (χ1n) is 36.2. The number of benzene rings is 4. The molecule has 2 heterocycles. The molecule has 0 unspecified atom stereocenters. The first-order valence-corrected chi connectivity index (χ1v) is 36.6. The van der Waals surface area contributed by atoms with E-state index >= 15 is 0 Å². The highest BCUT2D eigenvalue weighted by atomic mass is 35.5. The number of rotatable bonds is 38. The summed E-state index contributed by atoms with van der Waals surface area (Å²) >= 11 is 6.23. The molecule has 4 aromatic carbocycles. The van der Waals surface area contributed by atoms with E-state index in [0.717, 1.165) is 31.5 Å². The minimum atomic E-state index is -1.85. The highest BCUT2D eigenvalue weighted by Gasteiger charge is 2.40. The van der Waals surface area contributed by atoms with E-state index in [1.807, 2.05) is 42.5 Å². The van der Waals surface area contributed by atoms with Gasteiger partial charge in [-0.3, -0.25) is 77.1 Å². The molecule has 1 fully saturated rings. The largest absolute Gasteiger partial charge is 0.508 e. The van der Waals surface area contributed by atoms with Crippen molar-refractivity contribution < 1.29 is 97.5 Å². The molecule has 114 heavy (non-hydrogen) atoms. The highest BCUT2D eigenvalue weighted by Crippen LogP contribution is 2.22. The minimum absolute atomic E-state index is 0.000209. The lowest BCUT2D eigenvalue weighted by atomic mass is 9.99. The third kappa shape index (κ3) is 37.0. The van der Waals surface area contributed by atoms with Gasteiger partial charge in [-0.05, 0) is 121 Å². The van der Waals surface area contributed by atoms with Crippen LogP contribution in [0.2, 0.25) is 5.02 Å². The van der Waals surface area contributed by atoms with Crippen LogP contribution < -0.4 is 76.1 Å². The number of phenols is 1. The fourth-order valence-corrected chi connectivity index (χ4v) is 11.5. The van der Waals surface area contributed by atoms with Gasteiger partial charge in [0, 0.05) is 90.4 Å². The lowest BCUT2D eigenvalue weighted by Crippen LogP contribution is -2.61. The fourth-order valence-electron chi connectivity index (χ4n) is 11.4. The summed E-state index contributed by atoms with van der Waals surface area (Å²) in [5.41, 5.74) is 23.9. The number of aliphatic hydroxyl groups excluding tert-OH is 1. The van der Waals surface area contributed by atoms with Crippen LogP contribution in [0, 0.1) is 5.92 Å². The van der Waals surface area contributed by atoms with Crippen LogP contribution in [0.4, 0.5) is 4.79 Å². The normalized spacial score (nSPS) is 14.3. The van der Waals surface area contributed by atoms with Crippen molar-refractivity contribution in [2.75, 3.05) is 26.2 Å². The molecule has 6 rings (SSSR count). The van der Waals surface area contributed by atoms with Gasteiger partial charge in [0.05, 0.1) is 6.61 Å². The van der Waals surface area contributed by atoms with Gasteiger partial charge in [-0.1, -0.05) is 98.2 Å². The van der Waals surface area contributed by atoms with Gasteiger partial charge < -0.3 is 107 Å². The van der Waals surface area contributed by atoms with Crippen molar-refractivity contribution in [1.82, 2.24) is 63.1 Å². The Hall–Kier alpha value is -12.5. The number of nitrogens with zero attached hydrogens (tertiary/aromatic N) is 3. The summed E-state index contributed by atoms with van der Waals surface area (Å²) in [4.78, 5) is 203. The molecule has 0 radical (unpaired) electrons. The number of nitrogens with two attached hydrogens (primary N) is 4. The number of aliphatic hydroxyl groups is 1. The third-order valence-corrected chi connectivity index (χ3v) is 16.9. The highest BCUT2D eigenvalue weighted by molar-refractivity contribution is 6.30. The number of amides is 13. The number of guanidine groups is 1. The second-order valence-corrected chi connectivity index (χ2v) is 27.3. The number of nitrogens with one attached hydrogen (secondary N) is 10. The van der Waals surface area contributed by atoms with Crippen LogP contribution in [0.1, 0.15) is 116 Å². The molecule has 620 valence electrons. The maximum atomic E-state index is 14.9. The Morgan fingerprint density at radius 2 is 0.974 bits per heavy atom. The number of carboxylic acids is 3. The summed E-state index contributed by atoms with van der Waals surface area (Å²) in [5.74, 6) is -12.3. The molecule has 23 N–H and O–H groups in total. The SMILES string of the molecule is CC(=O)N[C@H](Cc1ccc2ccccc2c1)C(=O)N[C@H](Cc1ccc(Cl)cc1)C(=O)N[C@H](Cc1cccnc1)C(=O)N[C@@H](CO)C(=O)N[C@@H](Cc1ccc(O)cc1)C(=O)N[C@H](CCCNC(N)=O)C(=O)N[C@@H](CC(C)C)C(=O)N[C@@H](CCCN=C(N)N)C(=O)N1CCC[C@H]1C(=O)N[C@H](C)C(N)=O.CC(=O)O.CC(=O)O.CC(=O)O.